The standard InChI is InChI=1S/C12H20ClN3O3S2/c1-4-14-12-11(13)7-10(8-15-12)21(18,19)16-6-5-9(2)20(3)17/h7-9,16H,4-6H2,1-3H3,(H,14,15). The maximum absolute atomic E-state index is 12.1. The quantitative estimate of drug-likeness (QED) is 0.741. The van der Waals surface area contributed by atoms with Crippen LogP contribution in [0.15, 0.2) is 17.2 Å². The summed E-state index contributed by atoms with van der Waals surface area (Å²) in [4.78, 5) is 4.01. The van der Waals surface area contributed by atoms with Gasteiger partial charge in [0.05, 0.1) is 5.02 Å². The second-order valence-corrected chi connectivity index (χ2v) is 8.50. The molecule has 0 spiro atoms. The molecule has 2 atom stereocenters. The molecule has 120 valence electrons. The van der Waals surface area contributed by atoms with Gasteiger partial charge in [-0.25, -0.2) is 18.1 Å². The first-order chi connectivity index (χ1) is 9.77. The maximum atomic E-state index is 12.1. The summed E-state index contributed by atoms with van der Waals surface area (Å²) in [5.41, 5.74) is 0. The molecular weight excluding hydrogens is 334 g/mol. The van der Waals surface area contributed by atoms with E-state index in [4.69, 9.17) is 11.6 Å². The molecule has 1 aromatic rings. The van der Waals surface area contributed by atoms with E-state index >= 15 is 0 Å². The van der Waals surface area contributed by atoms with Gasteiger partial charge in [0, 0.05) is 41.6 Å². The fraction of sp³-hybridized carbons (Fsp3) is 0.583. The molecule has 0 aromatic carbocycles. The predicted octanol–water partition coefficient (Wildman–Crippen LogP) is 1.60. The molecule has 1 rings (SSSR count). The van der Waals surface area contributed by atoms with Crippen molar-refractivity contribution in [1.82, 2.24) is 9.71 Å². The van der Waals surface area contributed by atoms with Crippen molar-refractivity contribution >= 4 is 38.2 Å². The van der Waals surface area contributed by atoms with Crippen LogP contribution < -0.4 is 10.0 Å². The summed E-state index contributed by atoms with van der Waals surface area (Å²) in [5.74, 6) is 0.452. The highest BCUT2D eigenvalue weighted by Gasteiger charge is 2.17. The summed E-state index contributed by atoms with van der Waals surface area (Å²) >= 11 is 5.98. The van der Waals surface area contributed by atoms with Crippen LogP contribution in [0.25, 0.3) is 0 Å². The summed E-state index contributed by atoms with van der Waals surface area (Å²) < 4.78 is 37.9. The van der Waals surface area contributed by atoms with Crippen LogP contribution in [0.4, 0.5) is 5.82 Å². The number of nitrogens with zero attached hydrogens (tertiary/aromatic N) is 1. The summed E-state index contributed by atoms with van der Waals surface area (Å²) in [5, 5.41) is 3.12. The van der Waals surface area contributed by atoms with Crippen molar-refractivity contribution in [1.29, 1.82) is 0 Å². The largest absolute Gasteiger partial charge is 0.369 e. The summed E-state index contributed by atoms with van der Waals surface area (Å²) in [7, 11) is -4.63. The van der Waals surface area contributed by atoms with Crippen LogP contribution in [-0.2, 0) is 20.8 Å². The highest BCUT2D eigenvalue weighted by Crippen LogP contribution is 2.22. The number of rotatable bonds is 8. The number of hydrogen-bond acceptors (Lipinski definition) is 5. The third-order valence-corrected chi connectivity index (χ3v) is 5.97. The average molecular weight is 354 g/mol. The Kier molecular flexibility index (Phi) is 7.05. The van der Waals surface area contributed by atoms with Gasteiger partial charge in [-0.05, 0) is 19.4 Å². The van der Waals surface area contributed by atoms with Gasteiger partial charge in [0.2, 0.25) is 10.0 Å². The van der Waals surface area contributed by atoms with Crippen molar-refractivity contribution < 1.29 is 12.6 Å². The molecule has 9 heteroatoms. The first kappa shape index (κ1) is 18.3. The monoisotopic (exact) mass is 353 g/mol. The number of aromatic nitrogens is 1. The van der Waals surface area contributed by atoms with E-state index in [-0.39, 0.29) is 21.7 Å². The zero-order valence-electron chi connectivity index (χ0n) is 12.2. The van der Waals surface area contributed by atoms with E-state index in [0.29, 0.717) is 18.8 Å². The fourth-order valence-electron chi connectivity index (χ4n) is 1.51. The van der Waals surface area contributed by atoms with Gasteiger partial charge in [0.1, 0.15) is 10.7 Å². The molecule has 0 aliphatic heterocycles. The molecule has 2 N–H and O–H groups in total. The molecular formula is C12H20ClN3O3S2. The Hall–Kier alpha value is -0.700. The number of anilines is 1. The van der Waals surface area contributed by atoms with Crippen LogP contribution in [0.5, 0.6) is 0 Å². The number of hydrogen-bond donors (Lipinski definition) is 2. The Bertz CT molecular complexity index is 608. The third-order valence-electron chi connectivity index (χ3n) is 2.88. The highest BCUT2D eigenvalue weighted by atomic mass is 35.5. The lowest BCUT2D eigenvalue weighted by Crippen LogP contribution is -2.27. The normalized spacial score (nSPS) is 14.7. The summed E-state index contributed by atoms with van der Waals surface area (Å²) in [6, 6.07) is 1.36. The van der Waals surface area contributed by atoms with E-state index in [1.807, 2.05) is 13.8 Å². The number of pyridine rings is 1. The Balaban J connectivity index is 2.74. The molecule has 2 unspecified atom stereocenters. The van der Waals surface area contributed by atoms with Crippen molar-refractivity contribution in [3.8, 4) is 0 Å². The molecule has 21 heavy (non-hydrogen) atoms. The zero-order chi connectivity index (χ0) is 16.0. The van der Waals surface area contributed by atoms with Crippen LogP contribution in [0.2, 0.25) is 5.02 Å². The van der Waals surface area contributed by atoms with E-state index < -0.39 is 20.8 Å². The maximum Gasteiger partial charge on any atom is 0.242 e. The van der Waals surface area contributed by atoms with Crippen LogP contribution in [-0.4, -0.2) is 42.2 Å². The molecule has 0 aliphatic rings. The Morgan fingerprint density at radius 2 is 2.14 bits per heavy atom. The highest BCUT2D eigenvalue weighted by molar-refractivity contribution is 7.89. The molecule has 0 aliphatic carbocycles. The van der Waals surface area contributed by atoms with Crippen LogP contribution in [0.1, 0.15) is 20.3 Å². The second-order valence-electron chi connectivity index (χ2n) is 4.53. The predicted molar refractivity (Wildman–Crippen MR) is 86.7 cm³/mol. The lowest BCUT2D eigenvalue weighted by molar-refractivity contribution is 0.577. The van der Waals surface area contributed by atoms with Gasteiger partial charge in [0.15, 0.2) is 0 Å². The molecule has 0 amide bonds. The number of sulfonamides is 1. The first-order valence-corrected chi connectivity index (χ1v) is 9.97. The minimum absolute atomic E-state index is 0.0134. The molecule has 0 fully saturated rings. The van der Waals surface area contributed by atoms with Gasteiger partial charge < -0.3 is 5.32 Å². The molecule has 0 saturated carbocycles. The Morgan fingerprint density at radius 1 is 1.48 bits per heavy atom. The lowest BCUT2D eigenvalue weighted by Gasteiger charge is -2.11. The van der Waals surface area contributed by atoms with Gasteiger partial charge >= 0.3 is 0 Å². The van der Waals surface area contributed by atoms with Crippen molar-refractivity contribution in [2.24, 2.45) is 0 Å². The van der Waals surface area contributed by atoms with E-state index in [9.17, 15) is 12.6 Å². The number of nitrogens with one attached hydrogen (secondary N) is 2. The fourth-order valence-corrected chi connectivity index (χ4v) is 3.28. The average Bonchev–Trinajstić information content (AvgIpc) is 2.40. The molecule has 0 bridgehead atoms. The minimum Gasteiger partial charge on any atom is -0.369 e. The third kappa shape index (κ3) is 5.54. The second kappa shape index (κ2) is 8.07. The van der Waals surface area contributed by atoms with Gasteiger partial charge in [-0.1, -0.05) is 18.5 Å². The lowest BCUT2D eigenvalue weighted by atomic mass is 10.3. The molecule has 0 saturated heterocycles. The van der Waals surface area contributed by atoms with E-state index in [1.165, 1.54) is 12.3 Å². The molecule has 1 heterocycles. The minimum atomic E-state index is -3.66. The first-order valence-electron chi connectivity index (χ1n) is 6.49. The molecule has 1 aromatic heterocycles. The topological polar surface area (TPSA) is 88.2 Å². The summed E-state index contributed by atoms with van der Waals surface area (Å²) in [6.07, 6.45) is 3.36. The van der Waals surface area contributed by atoms with Crippen molar-refractivity contribution in [3.05, 3.63) is 17.3 Å². The van der Waals surface area contributed by atoms with Gasteiger partial charge in [-0.3, -0.25) is 4.21 Å². The van der Waals surface area contributed by atoms with Crippen LogP contribution in [0, 0.1) is 0 Å². The molecule has 6 nitrogen and oxygen atoms in total. The molecule has 0 radical (unpaired) electrons. The zero-order valence-corrected chi connectivity index (χ0v) is 14.6. The van der Waals surface area contributed by atoms with Crippen LogP contribution >= 0.6 is 11.6 Å². The van der Waals surface area contributed by atoms with Crippen molar-refractivity contribution in [3.63, 3.8) is 0 Å². The summed E-state index contributed by atoms with van der Waals surface area (Å²) in [6.45, 7) is 4.57. The number of halogens is 1. The SMILES string of the molecule is CCNc1ncc(S(=O)(=O)NCCC(C)S(C)=O)cc1Cl. The van der Waals surface area contributed by atoms with Crippen molar-refractivity contribution in [2.75, 3.05) is 24.7 Å². The van der Waals surface area contributed by atoms with Gasteiger partial charge in [-0.2, -0.15) is 0 Å². The Morgan fingerprint density at radius 3 is 2.67 bits per heavy atom. The van der Waals surface area contributed by atoms with Gasteiger partial charge in [0.25, 0.3) is 0 Å². The van der Waals surface area contributed by atoms with E-state index in [1.54, 1.807) is 6.26 Å². The van der Waals surface area contributed by atoms with Gasteiger partial charge in [-0.15, -0.1) is 0 Å². The van der Waals surface area contributed by atoms with E-state index in [2.05, 4.69) is 15.0 Å². The Labute approximate surface area is 133 Å². The van der Waals surface area contributed by atoms with E-state index in [0.717, 1.165) is 0 Å². The van der Waals surface area contributed by atoms with Crippen molar-refractivity contribution in [2.45, 2.75) is 30.4 Å². The smallest absolute Gasteiger partial charge is 0.242 e. The van der Waals surface area contributed by atoms with Crippen LogP contribution in [0.3, 0.4) is 0 Å².